The average Bonchev–Trinajstić information content (AvgIpc) is 3.17. The summed E-state index contributed by atoms with van der Waals surface area (Å²) >= 11 is 5.99. The van der Waals surface area contributed by atoms with Crippen LogP contribution in [-0.2, 0) is 10.2 Å². The third kappa shape index (κ3) is 3.62. The predicted molar refractivity (Wildman–Crippen MR) is 81.1 cm³/mol. The Kier molecular flexibility index (Phi) is 5.65. The number of nitrogens with one attached hydrogen (secondary N) is 2. The standard InChI is InChI=1S/C14H19ClN2O.ClH/c1-10(16-2)9-17-13(18)14(6-7-14)11-4-3-5-12(15)8-11;/h3-5,8,10,16H,6-7,9H2,1-2H3,(H,17,18);1H. The molecule has 0 heterocycles. The summed E-state index contributed by atoms with van der Waals surface area (Å²) in [5.41, 5.74) is 0.697. The highest BCUT2D eigenvalue weighted by molar-refractivity contribution is 6.30. The third-order valence-corrected chi connectivity index (χ3v) is 3.86. The zero-order valence-electron chi connectivity index (χ0n) is 11.2. The minimum atomic E-state index is -0.335. The van der Waals surface area contributed by atoms with Crippen LogP contribution in [0.5, 0.6) is 0 Å². The summed E-state index contributed by atoms with van der Waals surface area (Å²) in [6.45, 7) is 2.69. The van der Waals surface area contributed by atoms with Crippen molar-refractivity contribution in [2.75, 3.05) is 13.6 Å². The molecule has 1 atom stereocenters. The maximum atomic E-state index is 12.3. The predicted octanol–water partition coefficient (Wildman–Crippen LogP) is 2.52. The Morgan fingerprint density at radius 1 is 1.47 bits per heavy atom. The molecule has 5 heteroatoms. The fourth-order valence-corrected chi connectivity index (χ4v) is 2.27. The molecule has 1 fully saturated rings. The molecule has 0 bridgehead atoms. The first-order valence-electron chi connectivity index (χ1n) is 6.30. The van der Waals surface area contributed by atoms with Crippen LogP contribution in [0.1, 0.15) is 25.3 Å². The molecular weight excluding hydrogens is 283 g/mol. The lowest BCUT2D eigenvalue weighted by Crippen LogP contribution is -2.42. The van der Waals surface area contributed by atoms with E-state index in [0.717, 1.165) is 18.4 Å². The van der Waals surface area contributed by atoms with Crippen LogP contribution in [0.25, 0.3) is 0 Å². The summed E-state index contributed by atoms with van der Waals surface area (Å²) in [6.07, 6.45) is 1.82. The maximum absolute atomic E-state index is 12.3. The Morgan fingerprint density at radius 2 is 2.16 bits per heavy atom. The fraction of sp³-hybridized carbons (Fsp3) is 0.500. The average molecular weight is 303 g/mol. The largest absolute Gasteiger partial charge is 0.354 e. The van der Waals surface area contributed by atoms with Crippen LogP contribution in [0, 0.1) is 0 Å². The van der Waals surface area contributed by atoms with Crippen molar-refractivity contribution in [3.8, 4) is 0 Å². The molecule has 1 aliphatic carbocycles. The lowest BCUT2D eigenvalue weighted by atomic mass is 9.95. The van der Waals surface area contributed by atoms with E-state index in [0.29, 0.717) is 11.6 Å². The number of benzene rings is 1. The summed E-state index contributed by atoms with van der Waals surface area (Å²) < 4.78 is 0. The van der Waals surface area contributed by atoms with Gasteiger partial charge in [-0.1, -0.05) is 23.7 Å². The first-order chi connectivity index (χ1) is 8.58. The number of likely N-dealkylation sites (N-methyl/N-ethyl adjacent to an activating group) is 1. The van der Waals surface area contributed by atoms with Gasteiger partial charge in [-0.25, -0.2) is 0 Å². The Morgan fingerprint density at radius 3 is 2.68 bits per heavy atom. The van der Waals surface area contributed by atoms with E-state index < -0.39 is 0 Å². The van der Waals surface area contributed by atoms with Gasteiger partial charge in [0, 0.05) is 17.6 Å². The highest BCUT2D eigenvalue weighted by Crippen LogP contribution is 2.48. The van der Waals surface area contributed by atoms with Crippen molar-refractivity contribution < 1.29 is 4.79 Å². The molecule has 1 aromatic rings. The van der Waals surface area contributed by atoms with Crippen molar-refractivity contribution in [1.29, 1.82) is 0 Å². The molecule has 2 N–H and O–H groups in total. The van der Waals surface area contributed by atoms with E-state index in [1.807, 2.05) is 38.2 Å². The second-order valence-electron chi connectivity index (χ2n) is 4.99. The molecule has 0 saturated heterocycles. The van der Waals surface area contributed by atoms with E-state index in [-0.39, 0.29) is 29.8 Å². The van der Waals surface area contributed by atoms with Gasteiger partial charge in [0.2, 0.25) is 5.91 Å². The van der Waals surface area contributed by atoms with Gasteiger partial charge in [0.15, 0.2) is 0 Å². The van der Waals surface area contributed by atoms with Crippen molar-refractivity contribution in [2.45, 2.75) is 31.2 Å². The number of amides is 1. The Bertz CT molecular complexity index is 447. The van der Waals surface area contributed by atoms with Gasteiger partial charge in [-0.2, -0.15) is 0 Å². The van der Waals surface area contributed by atoms with Gasteiger partial charge < -0.3 is 10.6 Å². The molecule has 1 aliphatic rings. The highest BCUT2D eigenvalue weighted by atomic mass is 35.5. The summed E-state index contributed by atoms with van der Waals surface area (Å²) in [7, 11) is 1.89. The molecular formula is C14H20Cl2N2O. The van der Waals surface area contributed by atoms with E-state index in [2.05, 4.69) is 10.6 Å². The number of hydrogen-bond donors (Lipinski definition) is 2. The molecule has 19 heavy (non-hydrogen) atoms. The van der Waals surface area contributed by atoms with Crippen LogP contribution in [0.4, 0.5) is 0 Å². The quantitative estimate of drug-likeness (QED) is 0.877. The lowest BCUT2D eigenvalue weighted by molar-refractivity contribution is -0.123. The van der Waals surface area contributed by atoms with Crippen LogP contribution >= 0.6 is 24.0 Å². The van der Waals surface area contributed by atoms with Gasteiger partial charge in [0.25, 0.3) is 0 Å². The highest BCUT2D eigenvalue weighted by Gasteiger charge is 2.51. The monoisotopic (exact) mass is 302 g/mol. The van der Waals surface area contributed by atoms with Crippen LogP contribution in [0.2, 0.25) is 5.02 Å². The van der Waals surface area contributed by atoms with Crippen LogP contribution < -0.4 is 10.6 Å². The van der Waals surface area contributed by atoms with Crippen molar-refractivity contribution in [3.63, 3.8) is 0 Å². The minimum absolute atomic E-state index is 0. The molecule has 0 aliphatic heterocycles. The van der Waals surface area contributed by atoms with Crippen LogP contribution in [0.3, 0.4) is 0 Å². The number of halogens is 2. The van der Waals surface area contributed by atoms with Crippen LogP contribution in [0.15, 0.2) is 24.3 Å². The van der Waals surface area contributed by atoms with Gasteiger partial charge in [-0.05, 0) is 44.5 Å². The molecule has 1 saturated carbocycles. The zero-order chi connectivity index (χ0) is 13.2. The molecule has 2 rings (SSSR count). The van der Waals surface area contributed by atoms with Gasteiger partial charge in [0.1, 0.15) is 0 Å². The molecule has 1 amide bonds. The topological polar surface area (TPSA) is 41.1 Å². The van der Waals surface area contributed by atoms with E-state index >= 15 is 0 Å². The van der Waals surface area contributed by atoms with Crippen LogP contribution in [-0.4, -0.2) is 25.5 Å². The SMILES string of the molecule is CNC(C)CNC(=O)C1(c2cccc(Cl)c2)CC1.Cl. The second kappa shape index (κ2) is 6.60. The van der Waals surface area contributed by atoms with Gasteiger partial charge in [-0.15, -0.1) is 12.4 Å². The number of carbonyl (C=O) groups excluding carboxylic acids is 1. The Hall–Kier alpha value is -0.770. The Balaban J connectivity index is 0.00000180. The molecule has 1 aromatic carbocycles. The molecule has 1 unspecified atom stereocenters. The second-order valence-corrected chi connectivity index (χ2v) is 5.43. The van der Waals surface area contributed by atoms with E-state index in [4.69, 9.17) is 11.6 Å². The van der Waals surface area contributed by atoms with E-state index in [1.54, 1.807) is 0 Å². The molecule has 0 radical (unpaired) electrons. The lowest BCUT2D eigenvalue weighted by Gasteiger charge is -2.18. The first kappa shape index (κ1) is 16.3. The van der Waals surface area contributed by atoms with Crippen molar-refractivity contribution in [2.24, 2.45) is 0 Å². The molecule has 0 spiro atoms. The summed E-state index contributed by atoms with van der Waals surface area (Å²) in [4.78, 5) is 12.3. The Labute approximate surface area is 125 Å². The number of carbonyl (C=O) groups is 1. The fourth-order valence-electron chi connectivity index (χ4n) is 2.08. The van der Waals surface area contributed by atoms with Gasteiger partial charge in [0.05, 0.1) is 5.41 Å². The number of hydrogen-bond acceptors (Lipinski definition) is 2. The van der Waals surface area contributed by atoms with Gasteiger partial charge >= 0.3 is 0 Å². The molecule has 3 nitrogen and oxygen atoms in total. The summed E-state index contributed by atoms with van der Waals surface area (Å²) in [5.74, 6) is 0.117. The van der Waals surface area contributed by atoms with Crippen molar-refractivity contribution >= 4 is 29.9 Å². The maximum Gasteiger partial charge on any atom is 0.230 e. The summed E-state index contributed by atoms with van der Waals surface area (Å²) in [5, 5.41) is 6.80. The minimum Gasteiger partial charge on any atom is -0.354 e. The van der Waals surface area contributed by atoms with Gasteiger partial charge in [-0.3, -0.25) is 4.79 Å². The normalized spacial score (nSPS) is 17.2. The number of rotatable bonds is 5. The van der Waals surface area contributed by atoms with E-state index in [9.17, 15) is 4.79 Å². The third-order valence-electron chi connectivity index (χ3n) is 3.62. The molecule has 0 aromatic heterocycles. The van der Waals surface area contributed by atoms with Crippen molar-refractivity contribution in [3.05, 3.63) is 34.9 Å². The smallest absolute Gasteiger partial charge is 0.230 e. The first-order valence-corrected chi connectivity index (χ1v) is 6.68. The van der Waals surface area contributed by atoms with Crippen molar-refractivity contribution in [1.82, 2.24) is 10.6 Å². The van der Waals surface area contributed by atoms with E-state index in [1.165, 1.54) is 0 Å². The zero-order valence-corrected chi connectivity index (χ0v) is 12.8. The molecule has 106 valence electrons. The summed E-state index contributed by atoms with van der Waals surface area (Å²) in [6, 6.07) is 7.91.